The van der Waals surface area contributed by atoms with Crippen molar-refractivity contribution in [2.45, 2.75) is 45.8 Å². The summed E-state index contributed by atoms with van der Waals surface area (Å²) in [5, 5.41) is 11.1. The van der Waals surface area contributed by atoms with Gasteiger partial charge in [-0.3, -0.25) is 0 Å². The summed E-state index contributed by atoms with van der Waals surface area (Å²) < 4.78 is 19.3. The Balaban J connectivity index is 4.11. The van der Waals surface area contributed by atoms with Crippen molar-refractivity contribution in [2.75, 3.05) is 26.4 Å². The topological polar surface area (TPSA) is 120 Å². The summed E-state index contributed by atoms with van der Waals surface area (Å²) in [6, 6.07) is -1.44. The van der Waals surface area contributed by atoms with Crippen molar-refractivity contribution in [1.82, 2.24) is 5.32 Å². The normalized spacial score (nSPS) is 12.2. The van der Waals surface area contributed by atoms with Crippen molar-refractivity contribution in [2.24, 2.45) is 0 Å². The number of amides is 1. The summed E-state index contributed by atoms with van der Waals surface area (Å²) in [6.07, 6.45) is -1.11. The number of carboxylic acid groups (broad SMARTS) is 1. The first kappa shape index (κ1) is 21.0. The Morgan fingerprint density at radius 1 is 1.09 bits per heavy atom. The lowest BCUT2D eigenvalue weighted by Crippen LogP contribution is -2.46. The first-order valence-electron chi connectivity index (χ1n) is 7.25. The average molecular weight is 335 g/mol. The maximum absolute atomic E-state index is 11.5. The Labute approximate surface area is 135 Å². The smallest absolute Gasteiger partial charge is 0.480 e. The van der Waals surface area contributed by atoms with E-state index in [4.69, 9.17) is 14.6 Å². The van der Waals surface area contributed by atoms with Gasteiger partial charge in [0.1, 0.15) is 18.8 Å². The van der Waals surface area contributed by atoms with Gasteiger partial charge in [0.05, 0.1) is 6.61 Å². The molecule has 2 N–H and O–H groups in total. The van der Waals surface area contributed by atoms with Gasteiger partial charge in [0.25, 0.3) is 0 Å². The van der Waals surface area contributed by atoms with Gasteiger partial charge in [-0.25, -0.2) is 14.4 Å². The van der Waals surface area contributed by atoms with Crippen LogP contribution in [0.15, 0.2) is 0 Å². The molecule has 1 unspecified atom stereocenters. The first-order chi connectivity index (χ1) is 10.7. The zero-order valence-corrected chi connectivity index (χ0v) is 13.9. The molecule has 134 valence electrons. The molecule has 0 bridgehead atoms. The highest BCUT2D eigenvalue weighted by Gasteiger charge is 2.25. The zero-order valence-electron chi connectivity index (χ0n) is 13.9. The van der Waals surface area contributed by atoms with Crippen LogP contribution in [0.25, 0.3) is 0 Å². The molecule has 0 radical (unpaired) electrons. The second-order valence-corrected chi connectivity index (χ2v) is 5.56. The molecule has 23 heavy (non-hydrogen) atoms. The molecular formula is C14H25NO8. The molecule has 0 rings (SSSR count). The Bertz CT molecular complexity index is 391. The minimum atomic E-state index is -1.44. The lowest BCUT2D eigenvalue weighted by molar-refractivity contribution is -0.140. The number of nitrogens with one attached hydrogen (secondary N) is 1. The third-order valence-electron chi connectivity index (χ3n) is 2.15. The van der Waals surface area contributed by atoms with Crippen molar-refractivity contribution in [3.8, 4) is 0 Å². The standard InChI is InChI=1S/C14H25NO8/c1-5-6-20-7-8-21-13(19)22-9-10(11(16)17)15-12(18)23-14(2,3)4/h10H,5-9H2,1-4H3,(H,15,18)(H,16,17). The SMILES string of the molecule is CCCOCCOC(=O)OCC(NC(=O)OC(C)(C)C)C(=O)O. The maximum atomic E-state index is 11.5. The highest BCUT2D eigenvalue weighted by atomic mass is 16.7. The van der Waals surface area contributed by atoms with Crippen LogP contribution in [0.1, 0.15) is 34.1 Å². The highest BCUT2D eigenvalue weighted by Crippen LogP contribution is 2.06. The number of hydrogen-bond donors (Lipinski definition) is 2. The van der Waals surface area contributed by atoms with Crippen molar-refractivity contribution < 1.29 is 38.4 Å². The van der Waals surface area contributed by atoms with E-state index in [1.807, 2.05) is 6.92 Å². The predicted molar refractivity (Wildman–Crippen MR) is 79.2 cm³/mol. The second kappa shape index (κ2) is 10.7. The fourth-order valence-electron chi connectivity index (χ4n) is 1.25. The van der Waals surface area contributed by atoms with Gasteiger partial charge >= 0.3 is 18.2 Å². The van der Waals surface area contributed by atoms with E-state index >= 15 is 0 Å². The monoisotopic (exact) mass is 335 g/mol. The Morgan fingerprint density at radius 3 is 2.26 bits per heavy atom. The molecule has 0 saturated heterocycles. The molecule has 0 aromatic carbocycles. The molecule has 0 aliphatic carbocycles. The second-order valence-electron chi connectivity index (χ2n) is 5.56. The number of aliphatic carboxylic acids is 1. The van der Waals surface area contributed by atoms with Gasteiger partial charge in [-0.2, -0.15) is 0 Å². The van der Waals surface area contributed by atoms with E-state index in [0.717, 1.165) is 6.42 Å². The van der Waals surface area contributed by atoms with E-state index < -0.39 is 36.5 Å². The summed E-state index contributed by atoms with van der Waals surface area (Å²) >= 11 is 0. The number of carbonyl (C=O) groups excluding carboxylic acids is 2. The number of hydrogen-bond acceptors (Lipinski definition) is 7. The molecule has 0 aliphatic heterocycles. The van der Waals surface area contributed by atoms with Gasteiger partial charge in [0, 0.05) is 6.61 Å². The van der Waals surface area contributed by atoms with Crippen LogP contribution in [0, 0.1) is 0 Å². The Hall–Kier alpha value is -2.03. The van der Waals surface area contributed by atoms with E-state index in [2.05, 4.69) is 14.8 Å². The van der Waals surface area contributed by atoms with Crippen molar-refractivity contribution in [3.05, 3.63) is 0 Å². The van der Waals surface area contributed by atoms with Gasteiger partial charge < -0.3 is 29.4 Å². The number of carbonyl (C=O) groups is 3. The van der Waals surface area contributed by atoms with E-state index in [-0.39, 0.29) is 13.2 Å². The van der Waals surface area contributed by atoms with Crippen LogP contribution in [-0.2, 0) is 23.7 Å². The van der Waals surface area contributed by atoms with Crippen LogP contribution in [0.4, 0.5) is 9.59 Å². The van der Waals surface area contributed by atoms with Crippen LogP contribution >= 0.6 is 0 Å². The van der Waals surface area contributed by atoms with Crippen LogP contribution in [0.2, 0.25) is 0 Å². The lowest BCUT2D eigenvalue weighted by atomic mass is 10.2. The van der Waals surface area contributed by atoms with E-state index in [0.29, 0.717) is 6.61 Å². The first-order valence-corrected chi connectivity index (χ1v) is 7.25. The summed E-state index contributed by atoms with van der Waals surface area (Å²) in [6.45, 7) is 7.05. The number of ether oxygens (including phenoxy) is 4. The largest absolute Gasteiger partial charge is 0.508 e. The van der Waals surface area contributed by atoms with Gasteiger partial charge in [-0.05, 0) is 27.2 Å². The number of alkyl carbamates (subject to hydrolysis) is 1. The maximum Gasteiger partial charge on any atom is 0.508 e. The quantitative estimate of drug-likeness (QED) is 0.481. The van der Waals surface area contributed by atoms with Crippen molar-refractivity contribution in [3.63, 3.8) is 0 Å². The van der Waals surface area contributed by atoms with Gasteiger partial charge in [0.2, 0.25) is 0 Å². The predicted octanol–water partition coefficient (Wildman–Crippen LogP) is 1.54. The van der Waals surface area contributed by atoms with Gasteiger partial charge in [-0.1, -0.05) is 6.92 Å². The number of carboxylic acids is 1. The molecule has 0 aromatic rings. The summed E-state index contributed by atoms with van der Waals surface area (Å²) in [5.41, 5.74) is -0.772. The minimum Gasteiger partial charge on any atom is -0.480 e. The summed E-state index contributed by atoms with van der Waals surface area (Å²) in [7, 11) is 0. The lowest BCUT2D eigenvalue weighted by Gasteiger charge is -2.21. The third-order valence-corrected chi connectivity index (χ3v) is 2.15. The molecule has 9 heteroatoms. The fraction of sp³-hybridized carbons (Fsp3) is 0.786. The van der Waals surface area contributed by atoms with Crippen LogP contribution in [-0.4, -0.2) is 61.4 Å². The van der Waals surface area contributed by atoms with Crippen LogP contribution in [0.5, 0.6) is 0 Å². The van der Waals surface area contributed by atoms with Crippen LogP contribution < -0.4 is 5.32 Å². The summed E-state index contributed by atoms with van der Waals surface area (Å²) in [5.74, 6) is -1.37. The third kappa shape index (κ3) is 12.2. The Kier molecular flexibility index (Phi) is 9.71. The molecule has 0 saturated carbocycles. The van der Waals surface area contributed by atoms with Gasteiger partial charge in [0.15, 0.2) is 6.04 Å². The molecule has 9 nitrogen and oxygen atoms in total. The van der Waals surface area contributed by atoms with Crippen molar-refractivity contribution >= 4 is 18.2 Å². The zero-order chi connectivity index (χ0) is 17.9. The average Bonchev–Trinajstić information content (AvgIpc) is 2.40. The van der Waals surface area contributed by atoms with E-state index in [9.17, 15) is 14.4 Å². The number of rotatable bonds is 9. The minimum absolute atomic E-state index is 0.00390. The molecular weight excluding hydrogens is 310 g/mol. The van der Waals surface area contributed by atoms with Crippen molar-refractivity contribution in [1.29, 1.82) is 0 Å². The van der Waals surface area contributed by atoms with Gasteiger partial charge in [-0.15, -0.1) is 0 Å². The molecule has 0 aromatic heterocycles. The molecule has 0 spiro atoms. The summed E-state index contributed by atoms with van der Waals surface area (Å²) in [4.78, 5) is 33.8. The molecule has 0 fully saturated rings. The highest BCUT2D eigenvalue weighted by molar-refractivity contribution is 5.80. The Morgan fingerprint density at radius 2 is 1.74 bits per heavy atom. The molecule has 1 atom stereocenters. The molecule has 0 heterocycles. The fourth-order valence-corrected chi connectivity index (χ4v) is 1.25. The van der Waals surface area contributed by atoms with Crippen LogP contribution in [0.3, 0.4) is 0 Å². The van der Waals surface area contributed by atoms with E-state index in [1.54, 1.807) is 20.8 Å². The van der Waals surface area contributed by atoms with E-state index in [1.165, 1.54) is 0 Å². The molecule has 1 amide bonds. The molecule has 0 aliphatic rings.